The lowest BCUT2D eigenvalue weighted by Gasteiger charge is -2.29. The zero-order chi connectivity index (χ0) is 25.9. The zero-order valence-electron chi connectivity index (χ0n) is 21.3. The Labute approximate surface area is 227 Å². The first kappa shape index (κ1) is 24.5. The maximum absolute atomic E-state index is 6.17. The number of H-pyrrole nitrogens is 1. The molecule has 0 saturated heterocycles. The molecule has 0 saturated carbocycles. The Morgan fingerprint density at radius 3 is 2.68 bits per heavy atom. The van der Waals surface area contributed by atoms with Gasteiger partial charge in [0.1, 0.15) is 18.5 Å². The molecule has 3 aromatic carbocycles. The number of nitrogens with zero attached hydrogens (tertiary/aromatic N) is 2. The first-order chi connectivity index (χ1) is 18.7. The second-order valence-corrected chi connectivity index (χ2v) is 10.2. The van der Waals surface area contributed by atoms with E-state index in [1.807, 2.05) is 30.5 Å². The van der Waals surface area contributed by atoms with Crippen LogP contribution >= 0.6 is 12.6 Å². The minimum absolute atomic E-state index is 0.0283. The molecule has 1 aromatic heterocycles. The Kier molecular flexibility index (Phi) is 7.03. The topological polar surface area (TPSA) is 64.5 Å². The Hall–Kier alpha value is -3.81. The monoisotopic (exact) mass is 523 g/mol. The van der Waals surface area contributed by atoms with Crippen LogP contribution in [0.25, 0.3) is 0 Å². The van der Waals surface area contributed by atoms with Crippen molar-refractivity contribution in [3.05, 3.63) is 131 Å². The van der Waals surface area contributed by atoms with Crippen molar-refractivity contribution < 1.29 is 13.7 Å². The highest BCUT2D eigenvalue weighted by molar-refractivity contribution is 7.81. The van der Waals surface area contributed by atoms with Crippen molar-refractivity contribution in [3.63, 3.8) is 0 Å². The fourth-order valence-corrected chi connectivity index (χ4v) is 5.35. The van der Waals surface area contributed by atoms with E-state index in [2.05, 4.69) is 86.9 Å². The number of hydrogen-bond acceptors (Lipinski definition) is 5. The van der Waals surface area contributed by atoms with Gasteiger partial charge in [-0.15, -0.1) is 0 Å². The molecule has 6 rings (SSSR count). The van der Waals surface area contributed by atoms with Gasteiger partial charge in [0.2, 0.25) is 0 Å². The van der Waals surface area contributed by atoms with Gasteiger partial charge in [-0.2, -0.15) is 12.6 Å². The molecule has 2 atom stereocenters. The molecule has 2 aliphatic rings. The number of thiol groups is 1. The van der Waals surface area contributed by atoms with Crippen molar-refractivity contribution in [3.8, 4) is 11.5 Å². The molecule has 0 fully saturated rings. The van der Waals surface area contributed by atoms with Gasteiger partial charge in [0.15, 0.2) is 11.5 Å². The predicted octanol–water partition coefficient (Wildman–Crippen LogP) is 4.17. The summed E-state index contributed by atoms with van der Waals surface area (Å²) < 4.78 is 14.0. The number of aromatic amines is 1. The van der Waals surface area contributed by atoms with Crippen LogP contribution in [0.15, 0.2) is 90.2 Å². The van der Waals surface area contributed by atoms with E-state index in [9.17, 15) is 0 Å². The summed E-state index contributed by atoms with van der Waals surface area (Å²) in [6, 6.07) is 23.5. The van der Waals surface area contributed by atoms with Gasteiger partial charge in [-0.25, -0.2) is 9.23 Å². The molecule has 4 aromatic rings. The standard InChI is InChI=1S/C31H30N4O2S/c1-36-28-17-27-24(16-29(28)37-20-22-5-3-2-4-6-22)11-13-32-30(27)23-9-7-21(8-10-23)15-25-18-34-31-33-14-12-26(38)19-35(25)31/h2-10,12,14,16-19,26,30,32H,11,13,15,20H2,1H3,(H-,33,34,38)/p+1. The quantitative estimate of drug-likeness (QED) is 0.252. The van der Waals surface area contributed by atoms with Crippen LogP contribution in [0.5, 0.6) is 11.5 Å². The molecule has 0 bridgehead atoms. The van der Waals surface area contributed by atoms with Gasteiger partial charge in [-0.05, 0) is 52.4 Å². The van der Waals surface area contributed by atoms with Gasteiger partial charge in [-0.1, -0.05) is 59.6 Å². The second-order valence-electron chi connectivity index (χ2n) is 9.62. The number of ether oxygens (including phenoxy) is 2. The van der Waals surface area contributed by atoms with Crippen LogP contribution < -0.4 is 24.7 Å². The smallest absolute Gasteiger partial charge is 0.400 e. The summed E-state index contributed by atoms with van der Waals surface area (Å²) in [7, 11) is 1.70. The van der Waals surface area contributed by atoms with E-state index in [0.717, 1.165) is 47.8 Å². The summed E-state index contributed by atoms with van der Waals surface area (Å²) in [4.78, 5) is 7.72. The van der Waals surface area contributed by atoms with Crippen LogP contribution in [-0.2, 0) is 19.4 Å². The largest absolute Gasteiger partial charge is 0.493 e. The van der Waals surface area contributed by atoms with Gasteiger partial charge >= 0.3 is 5.62 Å². The van der Waals surface area contributed by atoms with Crippen LogP contribution in [0.1, 0.15) is 39.6 Å². The van der Waals surface area contributed by atoms with Gasteiger partial charge in [0, 0.05) is 13.0 Å². The van der Waals surface area contributed by atoms with Crippen LogP contribution in [0.4, 0.5) is 0 Å². The van der Waals surface area contributed by atoms with E-state index < -0.39 is 0 Å². The number of methoxy groups -OCH3 is 1. The molecule has 6 nitrogen and oxygen atoms in total. The molecule has 2 N–H and O–H groups in total. The first-order valence-electron chi connectivity index (χ1n) is 12.9. The summed E-state index contributed by atoms with van der Waals surface area (Å²) in [5.74, 6) is 1.55. The van der Waals surface area contributed by atoms with E-state index >= 15 is 0 Å². The van der Waals surface area contributed by atoms with Crippen molar-refractivity contribution in [1.82, 2.24) is 10.3 Å². The zero-order valence-corrected chi connectivity index (χ0v) is 22.2. The molecule has 192 valence electrons. The number of hydrogen-bond donors (Lipinski definition) is 3. The molecule has 0 radical (unpaired) electrons. The van der Waals surface area contributed by atoms with E-state index in [1.165, 1.54) is 22.3 Å². The highest BCUT2D eigenvalue weighted by atomic mass is 32.1. The number of benzene rings is 3. The van der Waals surface area contributed by atoms with Gasteiger partial charge in [0.05, 0.1) is 30.8 Å². The lowest BCUT2D eigenvalue weighted by Crippen LogP contribution is -2.39. The minimum atomic E-state index is 0.0283. The molecule has 2 unspecified atom stereocenters. The molecule has 0 amide bonds. The van der Waals surface area contributed by atoms with E-state index in [0.29, 0.717) is 6.61 Å². The summed E-state index contributed by atoms with van der Waals surface area (Å²) in [5.41, 5.74) is 8.10. The van der Waals surface area contributed by atoms with Gasteiger partial charge in [0.25, 0.3) is 0 Å². The molecule has 2 aliphatic heterocycles. The average molecular weight is 524 g/mol. The Balaban J connectivity index is 1.23. The van der Waals surface area contributed by atoms with Crippen molar-refractivity contribution >= 4 is 12.6 Å². The van der Waals surface area contributed by atoms with E-state index in [4.69, 9.17) is 9.47 Å². The van der Waals surface area contributed by atoms with Gasteiger partial charge < -0.3 is 14.8 Å². The Morgan fingerprint density at radius 2 is 1.87 bits per heavy atom. The highest BCUT2D eigenvalue weighted by Crippen LogP contribution is 2.38. The van der Waals surface area contributed by atoms with Crippen LogP contribution in [0, 0.1) is 6.21 Å². The average Bonchev–Trinajstić information content (AvgIpc) is 3.21. The van der Waals surface area contributed by atoms with Crippen LogP contribution in [-0.4, -0.2) is 23.9 Å². The van der Waals surface area contributed by atoms with E-state index in [1.54, 1.807) is 13.3 Å². The maximum atomic E-state index is 6.17. The Morgan fingerprint density at radius 1 is 1.03 bits per heavy atom. The summed E-state index contributed by atoms with van der Waals surface area (Å²) in [6.07, 6.45) is 9.60. The number of aromatic nitrogens is 2. The van der Waals surface area contributed by atoms with Crippen LogP contribution in [0.3, 0.4) is 0 Å². The van der Waals surface area contributed by atoms with Gasteiger partial charge in [-0.3, -0.25) is 0 Å². The third-order valence-corrected chi connectivity index (χ3v) is 7.41. The molecular weight excluding hydrogens is 492 g/mol. The number of imidazole rings is 1. The predicted molar refractivity (Wildman–Crippen MR) is 150 cm³/mol. The first-order valence-corrected chi connectivity index (χ1v) is 13.4. The normalized spacial score (nSPS) is 17.9. The molecule has 0 aliphatic carbocycles. The lowest BCUT2D eigenvalue weighted by molar-refractivity contribution is -0.535. The van der Waals surface area contributed by atoms with E-state index in [-0.39, 0.29) is 11.3 Å². The lowest BCUT2D eigenvalue weighted by atomic mass is 9.89. The van der Waals surface area contributed by atoms with Crippen molar-refractivity contribution in [2.24, 2.45) is 4.99 Å². The molecule has 0 spiro atoms. The Bertz CT molecular complexity index is 1580. The number of nitrogens with one attached hydrogen (secondary N) is 2. The number of fused-ring (bicyclic) bond motifs is 2. The maximum Gasteiger partial charge on any atom is 0.400 e. The van der Waals surface area contributed by atoms with Crippen molar-refractivity contribution in [2.75, 3.05) is 13.7 Å². The molecular formula is C31H31N4O2S+. The summed E-state index contributed by atoms with van der Waals surface area (Å²) >= 11 is 4.59. The molecule has 7 heteroatoms. The third kappa shape index (κ3) is 5.12. The fraction of sp³-hybridized carbons (Fsp3) is 0.226. The van der Waals surface area contributed by atoms with Crippen LogP contribution in [0.2, 0.25) is 0 Å². The molecule has 38 heavy (non-hydrogen) atoms. The minimum Gasteiger partial charge on any atom is -0.493 e. The third-order valence-electron chi connectivity index (χ3n) is 7.10. The van der Waals surface area contributed by atoms with Crippen molar-refractivity contribution in [2.45, 2.75) is 30.7 Å². The fourth-order valence-electron chi connectivity index (χ4n) is 5.14. The molecule has 3 heterocycles. The highest BCUT2D eigenvalue weighted by Gasteiger charge is 2.24. The second kappa shape index (κ2) is 10.9. The summed E-state index contributed by atoms with van der Waals surface area (Å²) in [6.45, 7) is 1.42. The summed E-state index contributed by atoms with van der Waals surface area (Å²) in [5, 5.41) is 3.73. The number of rotatable bonds is 7. The van der Waals surface area contributed by atoms with Crippen molar-refractivity contribution in [1.29, 1.82) is 0 Å². The SMILES string of the molecule is COc1cc2c(cc1OCc1ccccc1)CCNC2c1ccc(Cc2c[nH]c3[n+]2=CC(S)C=CN=3)cc1.